The molecule has 2 rings (SSSR count). The van der Waals surface area contributed by atoms with Gasteiger partial charge in [0, 0.05) is 39.3 Å². The summed E-state index contributed by atoms with van der Waals surface area (Å²) >= 11 is 0. The van der Waals surface area contributed by atoms with Crippen LogP contribution in [-0.4, -0.2) is 86.8 Å². The highest BCUT2D eigenvalue weighted by Crippen LogP contribution is 1.98. The van der Waals surface area contributed by atoms with Crippen LogP contribution in [0.15, 0.2) is 60.7 Å². The molecule has 0 bridgehead atoms. The number of nitrogens with one attached hydrogen (secondary N) is 6. The zero-order valence-electron chi connectivity index (χ0n) is 28.3. The van der Waals surface area contributed by atoms with Crippen molar-refractivity contribution in [3.8, 4) is 0 Å². The van der Waals surface area contributed by atoms with Crippen molar-refractivity contribution >= 4 is 47.4 Å². The molecule has 0 aromatic heterocycles. The topological polar surface area (TPSA) is 227 Å². The van der Waals surface area contributed by atoms with Crippen molar-refractivity contribution < 1.29 is 47.8 Å². The van der Waals surface area contributed by atoms with E-state index < -0.39 is 47.4 Å². The molecule has 0 unspecified atom stereocenters. The van der Waals surface area contributed by atoms with Crippen LogP contribution in [0, 0.1) is 0 Å². The van der Waals surface area contributed by atoms with Crippen LogP contribution in [0.3, 0.4) is 0 Å². The lowest BCUT2D eigenvalue weighted by atomic mass is 10.2. The van der Waals surface area contributed by atoms with Gasteiger partial charge in [0.1, 0.15) is 0 Å². The van der Waals surface area contributed by atoms with Gasteiger partial charge in [-0.15, -0.1) is 0 Å². The van der Waals surface area contributed by atoms with E-state index in [1.807, 2.05) is 60.7 Å². The predicted octanol–water partition coefficient (Wildman–Crippen LogP) is -0.243. The molecule has 6 N–H and O–H groups in total. The Morgan fingerprint density at radius 3 is 1.00 bits per heavy atom. The molecular formula is C34H46N6O10. The Balaban J connectivity index is 0.000000546. The number of unbranched alkanes of at least 4 members (excludes halogenated alkanes) is 2. The molecule has 0 radical (unpaired) electrons. The highest BCUT2D eigenvalue weighted by molar-refractivity contribution is 6.35. The van der Waals surface area contributed by atoms with Crippen molar-refractivity contribution in [1.29, 1.82) is 0 Å². The normalized spacial score (nSPS) is 9.80. The van der Waals surface area contributed by atoms with E-state index in [0.29, 0.717) is 38.8 Å². The lowest BCUT2D eigenvalue weighted by molar-refractivity contribution is -0.154. The molecule has 2 aromatic carbocycles. The number of rotatable bonds is 16. The average molecular weight is 699 g/mol. The first-order valence-electron chi connectivity index (χ1n) is 16.2. The standard InChI is InChI=1S/C22H26N4O4.C12H20N2O6/c27-19(21(29)25-15-17-9-3-1-4-10-17)23-13-7-8-14-24-20(28)22(30)26-16-18-11-5-2-6-12-18;1-3-19-11(17)9(15)13-7-5-6-8-14-10(16)12(18)20-4-2/h1-6,9-12H,7-8,13-16H2,(H,23,27)(H,24,28)(H,25,29)(H,26,30);3-8H2,1-2H3,(H,13,15)(H,14,16). The van der Waals surface area contributed by atoms with Crippen LogP contribution < -0.4 is 31.9 Å². The van der Waals surface area contributed by atoms with E-state index in [-0.39, 0.29) is 39.4 Å². The minimum atomic E-state index is -0.914. The number of esters is 2. The minimum Gasteiger partial charge on any atom is -0.459 e. The zero-order valence-corrected chi connectivity index (χ0v) is 28.3. The first kappa shape index (κ1) is 42.2. The molecule has 6 amide bonds. The second-order valence-corrected chi connectivity index (χ2v) is 10.2. The Labute approximate surface area is 290 Å². The van der Waals surface area contributed by atoms with Crippen molar-refractivity contribution in [3.05, 3.63) is 71.8 Å². The van der Waals surface area contributed by atoms with E-state index in [9.17, 15) is 38.4 Å². The fourth-order valence-corrected chi connectivity index (χ4v) is 3.72. The largest absolute Gasteiger partial charge is 0.459 e. The van der Waals surface area contributed by atoms with Crippen molar-refractivity contribution in [1.82, 2.24) is 31.9 Å². The smallest absolute Gasteiger partial charge is 0.396 e. The van der Waals surface area contributed by atoms with Crippen molar-refractivity contribution in [3.63, 3.8) is 0 Å². The summed E-state index contributed by atoms with van der Waals surface area (Å²) in [6.45, 7) is 5.24. The van der Waals surface area contributed by atoms with Crippen LogP contribution in [0.2, 0.25) is 0 Å². The highest BCUT2D eigenvalue weighted by atomic mass is 16.5. The summed E-state index contributed by atoms with van der Waals surface area (Å²) in [5.74, 6) is -6.19. The third-order valence-corrected chi connectivity index (χ3v) is 6.28. The summed E-state index contributed by atoms with van der Waals surface area (Å²) in [6, 6.07) is 18.6. The Morgan fingerprint density at radius 2 is 0.700 bits per heavy atom. The molecule has 0 aliphatic rings. The number of carbonyl (C=O) groups is 8. The summed E-state index contributed by atoms with van der Waals surface area (Å²) < 4.78 is 9.01. The summed E-state index contributed by atoms with van der Waals surface area (Å²) in [4.78, 5) is 91.1. The highest BCUT2D eigenvalue weighted by Gasteiger charge is 2.15. The maximum absolute atomic E-state index is 11.7. The van der Waals surface area contributed by atoms with Gasteiger partial charge in [-0.25, -0.2) is 9.59 Å². The summed E-state index contributed by atoms with van der Waals surface area (Å²) in [5.41, 5.74) is 1.81. The third kappa shape index (κ3) is 19.8. The zero-order chi connectivity index (χ0) is 37.0. The van der Waals surface area contributed by atoms with Gasteiger partial charge < -0.3 is 41.4 Å². The van der Waals surface area contributed by atoms with Gasteiger partial charge in [0.25, 0.3) is 0 Å². The van der Waals surface area contributed by atoms with Crippen molar-refractivity contribution in [2.24, 2.45) is 0 Å². The maximum Gasteiger partial charge on any atom is 0.396 e. The predicted molar refractivity (Wildman–Crippen MR) is 180 cm³/mol. The van der Waals surface area contributed by atoms with Crippen molar-refractivity contribution in [2.45, 2.75) is 52.6 Å². The molecule has 50 heavy (non-hydrogen) atoms. The summed E-state index contributed by atoms with van der Waals surface area (Å²) in [7, 11) is 0. The van der Waals surface area contributed by atoms with Gasteiger partial charge >= 0.3 is 47.4 Å². The van der Waals surface area contributed by atoms with Gasteiger partial charge in [-0.2, -0.15) is 0 Å². The fraction of sp³-hybridized carbons (Fsp3) is 0.412. The van der Waals surface area contributed by atoms with Gasteiger partial charge in [-0.05, 0) is 50.7 Å². The Morgan fingerprint density at radius 1 is 0.420 bits per heavy atom. The molecule has 0 saturated carbocycles. The second kappa shape index (κ2) is 26.2. The van der Waals surface area contributed by atoms with Crippen LogP contribution in [0.1, 0.15) is 50.7 Å². The molecule has 2 aromatic rings. The number of ether oxygens (including phenoxy) is 2. The molecule has 16 nitrogen and oxygen atoms in total. The lowest BCUT2D eigenvalue weighted by Crippen LogP contribution is -2.41. The lowest BCUT2D eigenvalue weighted by Gasteiger charge is -2.08. The van der Waals surface area contributed by atoms with Gasteiger partial charge in [0.05, 0.1) is 13.2 Å². The molecule has 0 aliphatic carbocycles. The minimum absolute atomic E-state index is 0.145. The van der Waals surface area contributed by atoms with Crippen LogP contribution >= 0.6 is 0 Å². The summed E-state index contributed by atoms with van der Waals surface area (Å²) in [5, 5.41) is 14.9. The fourth-order valence-electron chi connectivity index (χ4n) is 3.72. The SMILES string of the molecule is CCOC(=O)C(=O)NCCCCNC(=O)C(=O)OCC.O=C(NCCCCNC(=O)C(=O)NCc1ccccc1)C(=O)NCc1ccccc1. The van der Waals surface area contributed by atoms with Crippen LogP contribution in [0.25, 0.3) is 0 Å². The van der Waals surface area contributed by atoms with Gasteiger partial charge in [-0.3, -0.25) is 28.8 Å². The van der Waals surface area contributed by atoms with Crippen molar-refractivity contribution in [2.75, 3.05) is 39.4 Å². The van der Waals surface area contributed by atoms with E-state index in [2.05, 4.69) is 41.4 Å². The molecule has 0 heterocycles. The number of hydrogen-bond acceptors (Lipinski definition) is 10. The molecule has 0 saturated heterocycles. The molecule has 0 spiro atoms. The Hall–Kier alpha value is -5.80. The van der Waals surface area contributed by atoms with Gasteiger partial charge in [-0.1, -0.05) is 60.7 Å². The number of carbonyl (C=O) groups excluding carboxylic acids is 8. The van der Waals surface area contributed by atoms with Crippen LogP contribution in [0.5, 0.6) is 0 Å². The van der Waals surface area contributed by atoms with Crippen LogP contribution in [-0.2, 0) is 60.9 Å². The van der Waals surface area contributed by atoms with E-state index in [1.165, 1.54) is 0 Å². The number of benzene rings is 2. The first-order valence-corrected chi connectivity index (χ1v) is 16.2. The molecule has 0 atom stereocenters. The summed E-state index contributed by atoms with van der Waals surface area (Å²) in [6.07, 6.45) is 2.22. The Bertz CT molecular complexity index is 1280. The molecule has 0 aliphatic heterocycles. The number of amides is 6. The van der Waals surface area contributed by atoms with Gasteiger partial charge in [0.2, 0.25) is 0 Å². The molecule has 0 fully saturated rings. The van der Waals surface area contributed by atoms with E-state index in [4.69, 9.17) is 0 Å². The molecule has 16 heteroatoms. The van der Waals surface area contributed by atoms with Gasteiger partial charge in [0.15, 0.2) is 0 Å². The second-order valence-electron chi connectivity index (χ2n) is 10.2. The van der Waals surface area contributed by atoms with Crippen LogP contribution in [0.4, 0.5) is 0 Å². The van der Waals surface area contributed by atoms with E-state index >= 15 is 0 Å². The van der Waals surface area contributed by atoms with E-state index in [0.717, 1.165) is 11.1 Å². The molecular weight excluding hydrogens is 652 g/mol. The average Bonchev–Trinajstić information content (AvgIpc) is 3.13. The molecule has 272 valence electrons. The van der Waals surface area contributed by atoms with E-state index in [1.54, 1.807) is 13.8 Å². The quantitative estimate of drug-likeness (QED) is 0.0766. The maximum atomic E-state index is 11.7. The Kier molecular flexibility index (Phi) is 22.1. The monoisotopic (exact) mass is 698 g/mol. The number of hydrogen-bond donors (Lipinski definition) is 6. The first-order chi connectivity index (χ1) is 24.1. The third-order valence-electron chi connectivity index (χ3n) is 6.28.